The van der Waals surface area contributed by atoms with Crippen molar-refractivity contribution in [2.24, 2.45) is 0 Å². The highest BCUT2D eigenvalue weighted by Gasteiger charge is 2.23. The molecule has 3 aromatic rings. The maximum atomic E-state index is 12.8. The van der Waals surface area contributed by atoms with Crippen LogP contribution in [0.1, 0.15) is 10.4 Å². The molecule has 0 aliphatic heterocycles. The molecule has 0 aliphatic carbocycles. The molecule has 136 valence electrons. The summed E-state index contributed by atoms with van der Waals surface area (Å²) in [5, 5.41) is 4.18. The Labute approximate surface area is 159 Å². The van der Waals surface area contributed by atoms with Gasteiger partial charge >= 0.3 is 0 Å². The number of anilines is 1. The van der Waals surface area contributed by atoms with Crippen molar-refractivity contribution in [3.63, 3.8) is 0 Å². The maximum Gasteiger partial charge on any atom is 0.258 e. The lowest BCUT2D eigenvalue weighted by Crippen LogP contribution is -2.12. The SMILES string of the molecule is COc1cc2[nH]cc(C(=O)Nc3ccc(Cl)cc3Cl)c2c(OC)c1OC. The molecule has 6 nitrogen and oxygen atoms in total. The second kappa shape index (κ2) is 7.35. The van der Waals surface area contributed by atoms with Crippen molar-refractivity contribution in [1.82, 2.24) is 4.98 Å². The molecule has 3 rings (SSSR count). The molecule has 8 heteroatoms. The Kier molecular flexibility index (Phi) is 5.15. The lowest BCUT2D eigenvalue weighted by molar-refractivity contribution is 0.102. The zero-order valence-electron chi connectivity index (χ0n) is 14.3. The van der Waals surface area contributed by atoms with Crippen molar-refractivity contribution >= 4 is 45.7 Å². The van der Waals surface area contributed by atoms with Gasteiger partial charge in [-0.05, 0) is 18.2 Å². The number of amides is 1. The monoisotopic (exact) mass is 394 g/mol. The van der Waals surface area contributed by atoms with Crippen molar-refractivity contribution in [1.29, 1.82) is 0 Å². The number of aromatic amines is 1. The van der Waals surface area contributed by atoms with Crippen LogP contribution >= 0.6 is 23.2 Å². The van der Waals surface area contributed by atoms with Crippen LogP contribution < -0.4 is 19.5 Å². The summed E-state index contributed by atoms with van der Waals surface area (Å²) < 4.78 is 16.2. The van der Waals surface area contributed by atoms with Gasteiger partial charge in [-0.25, -0.2) is 0 Å². The lowest BCUT2D eigenvalue weighted by Gasteiger charge is -2.14. The van der Waals surface area contributed by atoms with Crippen molar-refractivity contribution < 1.29 is 19.0 Å². The fourth-order valence-corrected chi connectivity index (χ4v) is 3.17. The molecular weight excluding hydrogens is 379 g/mol. The van der Waals surface area contributed by atoms with Crippen molar-refractivity contribution in [2.75, 3.05) is 26.6 Å². The first-order chi connectivity index (χ1) is 12.5. The summed E-state index contributed by atoms with van der Waals surface area (Å²) in [5.74, 6) is 0.938. The Hall–Kier alpha value is -2.57. The Morgan fingerprint density at radius 1 is 1.04 bits per heavy atom. The van der Waals surface area contributed by atoms with Gasteiger partial charge in [0.05, 0.1) is 48.5 Å². The summed E-state index contributed by atoms with van der Waals surface area (Å²) in [6.07, 6.45) is 1.59. The van der Waals surface area contributed by atoms with Crippen molar-refractivity contribution in [3.05, 3.63) is 46.1 Å². The Morgan fingerprint density at radius 2 is 1.77 bits per heavy atom. The van der Waals surface area contributed by atoms with E-state index in [1.54, 1.807) is 30.5 Å². The van der Waals surface area contributed by atoms with Gasteiger partial charge in [-0.1, -0.05) is 23.2 Å². The molecule has 0 aliphatic rings. The normalized spacial score (nSPS) is 10.7. The number of fused-ring (bicyclic) bond motifs is 1. The summed E-state index contributed by atoms with van der Waals surface area (Å²) in [6.45, 7) is 0. The number of carbonyl (C=O) groups is 1. The molecular formula is C18H16Cl2N2O4. The Bertz CT molecular complexity index is 985. The minimum atomic E-state index is -0.356. The third-order valence-corrected chi connectivity index (χ3v) is 4.44. The molecule has 0 radical (unpaired) electrons. The van der Waals surface area contributed by atoms with E-state index < -0.39 is 0 Å². The van der Waals surface area contributed by atoms with Gasteiger partial charge in [-0.3, -0.25) is 4.79 Å². The van der Waals surface area contributed by atoms with Crippen LogP contribution in [0, 0.1) is 0 Å². The van der Waals surface area contributed by atoms with E-state index in [1.807, 2.05) is 0 Å². The topological polar surface area (TPSA) is 72.6 Å². The number of aromatic nitrogens is 1. The lowest BCUT2D eigenvalue weighted by atomic mass is 10.1. The number of benzene rings is 2. The second-order valence-electron chi connectivity index (χ2n) is 5.35. The first-order valence-electron chi connectivity index (χ1n) is 7.56. The van der Waals surface area contributed by atoms with Crippen LogP contribution in [0.25, 0.3) is 10.9 Å². The van der Waals surface area contributed by atoms with E-state index in [0.717, 1.165) is 0 Å². The molecule has 2 N–H and O–H groups in total. The van der Waals surface area contributed by atoms with Gasteiger partial charge < -0.3 is 24.5 Å². The zero-order chi connectivity index (χ0) is 18.8. The Balaban J connectivity index is 2.09. The van der Waals surface area contributed by atoms with E-state index in [2.05, 4.69) is 10.3 Å². The van der Waals surface area contributed by atoms with Crippen LogP contribution in [0.3, 0.4) is 0 Å². The molecule has 0 atom stereocenters. The highest BCUT2D eigenvalue weighted by atomic mass is 35.5. The summed E-state index contributed by atoms with van der Waals surface area (Å²) in [4.78, 5) is 15.8. The number of rotatable bonds is 5. The van der Waals surface area contributed by atoms with Gasteiger partial charge in [0.25, 0.3) is 5.91 Å². The van der Waals surface area contributed by atoms with Crippen LogP contribution in [0.4, 0.5) is 5.69 Å². The standard InChI is InChI=1S/C18H16Cl2N2O4/c1-24-14-7-13-15(17(26-3)16(14)25-2)10(8-21-13)18(23)22-12-5-4-9(19)6-11(12)20/h4-8,21H,1-3H3,(H,22,23). The van der Waals surface area contributed by atoms with Crippen LogP contribution in [0.2, 0.25) is 10.0 Å². The minimum absolute atomic E-state index is 0.344. The number of ether oxygens (including phenoxy) is 3. The molecule has 1 heterocycles. The van der Waals surface area contributed by atoms with E-state index in [9.17, 15) is 4.79 Å². The molecule has 1 aromatic heterocycles. The second-order valence-corrected chi connectivity index (χ2v) is 6.19. The van der Waals surface area contributed by atoms with Gasteiger partial charge in [0.1, 0.15) is 0 Å². The molecule has 0 fully saturated rings. The van der Waals surface area contributed by atoms with Crippen LogP contribution in [0.15, 0.2) is 30.5 Å². The van der Waals surface area contributed by atoms with E-state index in [0.29, 0.717) is 49.4 Å². The number of hydrogen-bond acceptors (Lipinski definition) is 4. The van der Waals surface area contributed by atoms with Crippen molar-refractivity contribution in [2.45, 2.75) is 0 Å². The summed E-state index contributed by atoms with van der Waals surface area (Å²) in [6, 6.07) is 6.58. The summed E-state index contributed by atoms with van der Waals surface area (Å²) in [5.41, 5.74) is 1.51. The summed E-state index contributed by atoms with van der Waals surface area (Å²) in [7, 11) is 4.54. The number of carbonyl (C=O) groups excluding carboxylic acids is 1. The molecule has 2 aromatic carbocycles. The number of hydrogen-bond donors (Lipinski definition) is 2. The van der Waals surface area contributed by atoms with E-state index in [4.69, 9.17) is 37.4 Å². The Morgan fingerprint density at radius 3 is 2.38 bits per heavy atom. The minimum Gasteiger partial charge on any atom is -0.493 e. The molecule has 26 heavy (non-hydrogen) atoms. The highest BCUT2D eigenvalue weighted by Crippen LogP contribution is 2.44. The smallest absolute Gasteiger partial charge is 0.258 e. The van der Waals surface area contributed by atoms with Crippen LogP contribution in [0.5, 0.6) is 17.2 Å². The number of halogens is 2. The number of nitrogens with one attached hydrogen (secondary N) is 2. The highest BCUT2D eigenvalue weighted by molar-refractivity contribution is 6.37. The molecule has 0 spiro atoms. The van der Waals surface area contributed by atoms with Gasteiger partial charge in [-0.15, -0.1) is 0 Å². The van der Waals surface area contributed by atoms with E-state index in [-0.39, 0.29) is 5.91 Å². The van der Waals surface area contributed by atoms with Gasteiger partial charge in [0.2, 0.25) is 5.75 Å². The third-order valence-electron chi connectivity index (χ3n) is 3.90. The van der Waals surface area contributed by atoms with Crippen LogP contribution in [-0.2, 0) is 0 Å². The fourth-order valence-electron chi connectivity index (χ4n) is 2.72. The average Bonchev–Trinajstić information content (AvgIpc) is 3.05. The largest absolute Gasteiger partial charge is 0.493 e. The predicted molar refractivity (Wildman–Crippen MR) is 102 cm³/mol. The molecule has 1 amide bonds. The van der Waals surface area contributed by atoms with Gasteiger partial charge in [0.15, 0.2) is 11.5 Å². The van der Waals surface area contributed by atoms with Crippen molar-refractivity contribution in [3.8, 4) is 17.2 Å². The molecule has 0 saturated heterocycles. The quantitative estimate of drug-likeness (QED) is 0.654. The number of methoxy groups -OCH3 is 3. The van der Waals surface area contributed by atoms with E-state index >= 15 is 0 Å². The fraction of sp³-hybridized carbons (Fsp3) is 0.167. The number of H-pyrrole nitrogens is 1. The van der Waals surface area contributed by atoms with E-state index in [1.165, 1.54) is 21.3 Å². The van der Waals surface area contributed by atoms with Gasteiger partial charge in [0, 0.05) is 17.3 Å². The molecule has 0 saturated carbocycles. The van der Waals surface area contributed by atoms with Gasteiger partial charge in [-0.2, -0.15) is 0 Å². The predicted octanol–water partition coefficient (Wildman–Crippen LogP) is 4.75. The average molecular weight is 395 g/mol. The first kappa shape index (κ1) is 18.2. The first-order valence-corrected chi connectivity index (χ1v) is 8.32. The summed E-state index contributed by atoms with van der Waals surface area (Å²) >= 11 is 12.0. The van der Waals surface area contributed by atoms with Crippen LogP contribution in [-0.4, -0.2) is 32.2 Å². The third kappa shape index (κ3) is 3.13. The molecule has 0 bridgehead atoms. The zero-order valence-corrected chi connectivity index (χ0v) is 15.8. The molecule has 0 unspecified atom stereocenters. The maximum absolute atomic E-state index is 12.8.